The van der Waals surface area contributed by atoms with Crippen LogP contribution in [0.15, 0.2) is 71.6 Å². The Kier molecular flexibility index (Phi) is 5.54. The number of anilines is 2. The molecule has 0 spiro atoms. The summed E-state index contributed by atoms with van der Waals surface area (Å²) in [6, 6.07) is 16.8. The van der Waals surface area contributed by atoms with Gasteiger partial charge in [-0.05, 0) is 42.3 Å². The van der Waals surface area contributed by atoms with Crippen LogP contribution in [0.2, 0.25) is 0 Å². The SMILES string of the molecule is COc1ccc([N+](=O)[O-])cc1NC(=O)c1cccc(S(=O)(=O)N2CCc3ccccc32)c1. The summed E-state index contributed by atoms with van der Waals surface area (Å²) in [5.41, 5.74) is 1.55. The molecule has 1 N–H and O–H groups in total. The van der Waals surface area contributed by atoms with Gasteiger partial charge in [-0.3, -0.25) is 19.2 Å². The number of carbonyl (C=O) groups excluding carboxylic acids is 1. The van der Waals surface area contributed by atoms with E-state index in [0.717, 1.165) is 5.56 Å². The maximum Gasteiger partial charge on any atom is 0.271 e. The molecule has 3 aromatic carbocycles. The quantitative estimate of drug-likeness (QED) is 0.450. The molecule has 164 valence electrons. The number of nitro groups is 1. The number of nitrogens with one attached hydrogen (secondary N) is 1. The monoisotopic (exact) mass is 453 g/mol. The van der Waals surface area contributed by atoms with Crippen LogP contribution >= 0.6 is 0 Å². The van der Waals surface area contributed by atoms with E-state index in [9.17, 15) is 23.3 Å². The highest BCUT2D eigenvalue weighted by Crippen LogP contribution is 2.33. The number of benzene rings is 3. The number of ether oxygens (including phenoxy) is 1. The minimum Gasteiger partial charge on any atom is -0.495 e. The molecule has 32 heavy (non-hydrogen) atoms. The Morgan fingerprint density at radius 1 is 1.09 bits per heavy atom. The molecule has 9 nitrogen and oxygen atoms in total. The van der Waals surface area contributed by atoms with E-state index >= 15 is 0 Å². The number of amides is 1. The molecule has 0 saturated heterocycles. The van der Waals surface area contributed by atoms with Crippen LogP contribution in [0.4, 0.5) is 17.1 Å². The number of hydrogen-bond donors (Lipinski definition) is 1. The fourth-order valence-corrected chi connectivity index (χ4v) is 5.13. The zero-order chi connectivity index (χ0) is 22.9. The molecule has 1 amide bonds. The van der Waals surface area contributed by atoms with E-state index < -0.39 is 20.9 Å². The molecule has 3 aromatic rings. The third kappa shape index (κ3) is 3.87. The largest absolute Gasteiger partial charge is 0.495 e. The molecule has 4 rings (SSSR count). The van der Waals surface area contributed by atoms with Crippen LogP contribution in [0.5, 0.6) is 5.75 Å². The van der Waals surface area contributed by atoms with E-state index in [4.69, 9.17) is 4.74 Å². The first kappa shape index (κ1) is 21.3. The average molecular weight is 453 g/mol. The number of fused-ring (bicyclic) bond motifs is 1. The smallest absolute Gasteiger partial charge is 0.271 e. The second-order valence-corrected chi connectivity index (χ2v) is 8.94. The van der Waals surface area contributed by atoms with Crippen molar-refractivity contribution in [3.05, 3.63) is 88.0 Å². The molecule has 1 heterocycles. The summed E-state index contributed by atoms with van der Waals surface area (Å²) in [4.78, 5) is 23.3. The van der Waals surface area contributed by atoms with Gasteiger partial charge in [0, 0.05) is 24.2 Å². The van der Waals surface area contributed by atoms with E-state index in [1.54, 1.807) is 12.1 Å². The van der Waals surface area contributed by atoms with Crippen molar-refractivity contribution in [2.75, 3.05) is 23.3 Å². The van der Waals surface area contributed by atoms with Gasteiger partial charge in [0.25, 0.3) is 21.6 Å². The first-order valence-electron chi connectivity index (χ1n) is 9.66. The van der Waals surface area contributed by atoms with Gasteiger partial charge >= 0.3 is 0 Å². The van der Waals surface area contributed by atoms with E-state index in [1.807, 2.05) is 12.1 Å². The van der Waals surface area contributed by atoms with Gasteiger partial charge in [-0.25, -0.2) is 8.42 Å². The van der Waals surface area contributed by atoms with Gasteiger partial charge in [0.05, 0.1) is 28.3 Å². The lowest BCUT2D eigenvalue weighted by Crippen LogP contribution is -2.29. The van der Waals surface area contributed by atoms with E-state index in [0.29, 0.717) is 18.7 Å². The molecule has 0 aliphatic carbocycles. The van der Waals surface area contributed by atoms with Gasteiger partial charge in [0.2, 0.25) is 0 Å². The summed E-state index contributed by atoms with van der Waals surface area (Å²) < 4.78 is 33.0. The molecule has 1 aliphatic heterocycles. The van der Waals surface area contributed by atoms with Crippen molar-refractivity contribution in [2.24, 2.45) is 0 Å². The number of nitrogens with zero attached hydrogens (tertiary/aromatic N) is 2. The predicted octanol–water partition coefficient (Wildman–Crippen LogP) is 3.61. The van der Waals surface area contributed by atoms with Crippen molar-refractivity contribution in [2.45, 2.75) is 11.3 Å². The van der Waals surface area contributed by atoms with Crippen molar-refractivity contribution in [3.63, 3.8) is 0 Å². The minimum absolute atomic E-state index is 0.0205. The number of hydrogen-bond acceptors (Lipinski definition) is 6. The first-order valence-corrected chi connectivity index (χ1v) is 11.1. The van der Waals surface area contributed by atoms with Crippen LogP contribution in [0.1, 0.15) is 15.9 Å². The predicted molar refractivity (Wildman–Crippen MR) is 119 cm³/mol. The second-order valence-electron chi connectivity index (χ2n) is 7.08. The van der Waals surface area contributed by atoms with Gasteiger partial charge in [-0.15, -0.1) is 0 Å². The third-order valence-corrected chi connectivity index (χ3v) is 6.98. The minimum atomic E-state index is -3.87. The second kappa shape index (κ2) is 8.31. The number of non-ortho nitro benzene ring substituents is 1. The Morgan fingerprint density at radius 2 is 1.88 bits per heavy atom. The molecule has 0 unspecified atom stereocenters. The van der Waals surface area contributed by atoms with Crippen molar-refractivity contribution in [1.82, 2.24) is 0 Å². The Bertz CT molecular complexity index is 1320. The van der Waals surface area contributed by atoms with Gasteiger partial charge in [0.1, 0.15) is 5.75 Å². The molecule has 0 atom stereocenters. The summed E-state index contributed by atoms with van der Waals surface area (Å²) >= 11 is 0. The highest BCUT2D eigenvalue weighted by atomic mass is 32.2. The van der Waals surface area contributed by atoms with Crippen molar-refractivity contribution >= 4 is 33.0 Å². The maximum absolute atomic E-state index is 13.2. The van der Waals surface area contributed by atoms with Crippen LogP contribution in [0.25, 0.3) is 0 Å². The zero-order valence-corrected chi connectivity index (χ0v) is 17.8. The fourth-order valence-electron chi connectivity index (χ4n) is 3.58. The number of carbonyl (C=O) groups is 1. The van der Waals surface area contributed by atoms with E-state index in [-0.39, 0.29) is 27.6 Å². The van der Waals surface area contributed by atoms with E-state index in [1.165, 1.54) is 53.9 Å². The molecule has 0 radical (unpaired) electrons. The first-order chi connectivity index (χ1) is 15.3. The summed E-state index contributed by atoms with van der Waals surface area (Å²) in [5.74, 6) is -0.385. The Labute approximate surface area is 184 Å². The molecular weight excluding hydrogens is 434 g/mol. The van der Waals surface area contributed by atoms with Crippen molar-refractivity contribution < 1.29 is 22.9 Å². The fraction of sp³-hybridized carbons (Fsp3) is 0.136. The summed E-state index contributed by atoms with van der Waals surface area (Å²) in [5, 5.41) is 13.6. The standard InChI is InChI=1S/C22H19N3O6S/c1-31-21-10-9-17(25(27)28)14-19(21)23-22(26)16-6-4-7-18(13-16)32(29,30)24-12-11-15-5-2-3-8-20(15)24/h2-10,13-14H,11-12H2,1H3,(H,23,26). The number of nitro benzene ring substituents is 1. The lowest BCUT2D eigenvalue weighted by Gasteiger charge is -2.20. The average Bonchev–Trinajstić information content (AvgIpc) is 3.24. The Morgan fingerprint density at radius 3 is 2.62 bits per heavy atom. The summed E-state index contributed by atoms with van der Waals surface area (Å²) in [6.07, 6.45) is 0.613. The summed E-state index contributed by atoms with van der Waals surface area (Å²) in [7, 11) is -2.50. The molecule has 0 saturated carbocycles. The summed E-state index contributed by atoms with van der Waals surface area (Å²) in [6.45, 7) is 0.322. The number of sulfonamides is 1. The van der Waals surface area contributed by atoms with Crippen LogP contribution < -0.4 is 14.4 Å². The number of para-hydroxylation sites is 1. The molecule has 1 aliphatic rings. The zero-order valence-electron chi connectivity index (χ0n) is 17.0. The van der Waals surface area contributed by atoms with Gasteiger partial charge in [0.15, 0.2) is 0 Å². The van der Waals surface area contributed by atoms with E-state index in [2.05, 4.69) is 5.32 Å². The topological polar surface area (TPSA) is 119 Å². The van der Waals surface area contributed by atoms with Crippen molar-refractivity contribution in [3.8, 4) is 5.75 Å². The third-order valence-electron chi connectivity index (χ3n) is 5.17. The van der Waals surface area contributed by atoms with Crippen molar-refractivity contribution in [1.29, 1.82) is 0 Å². The van der Waals surface area contributed by atoms with Gasteiger partial charge < -0.3 is 10.1 Å². The van der Waals surface area contributed by atoms with Crippen LogP contribution in [-0.4, -0.2) is 32.9 Å². The maximum atomic E-state index is 13.2. The molecular formula is C22H19N3O6S. The Balaban J connectivity index is 1.63. The number of rotatable bonds is 6. The van der Waals surface area contributed by atoms with Gasteiger partial charge in [-0.1, -0.05) is 24.3 Å². The lowest BCUT2D eigenvalue weighted by atomic mass is 10.2. The highest BCUT2D eigenvalue weighted by Gasteiger charge is 2.31. The van der Waals surface area contributed by atoms with Gasteiger partial charge in [-0.2, -0.15) is 0 Å². The Hall–Kier alpha value is -3.92. The molecule has 0 bridgehead atoms. The molecule has 10 heteroatoms. The normalized spacial score (nSPS) is 12.8. The van der Waals surface area contributed by atoms with Crippen LogP contribution in [0.3, 0.4) is 0 Å². The number of methoxy groups -OCH3 is 1. The highest BCUT2D eigenvalue weighted by molar-refractivity contribution is 7.92. The van der Waals surface area contributed by atoms with Crippen LogP contribution in [-0.2, 0) is 16.4 Å². The molecule has 0 fully saturated rings. The van der Waals surface area contributed by atoms with Crippen LogP contribution in [0, 0.1) is 10.1 Å². The molecule has 0 aromatic heterocycles. The lowest BCUT2D eigenvalue weighted by molar-refractivity contribution is -0.384.